The number of aliphatic hydroxyl groups excluding tert-OH is 1. The molecule has 7 nitrogen and oxygen atoms in total. The van der Waals surface area contributed by atoms with E-state index in [-0.39, 0.29) is 29.9 Å². The van der Waals surface area contributed by atoms with E-state index in [0.717, 1.165) is 0 Å². The summed E-state index contributed by atoms with van der Waals surface area (Å²) in [5.41, 5.74) is 0. The largest absolute Gasteiger partial charge is 0.446 e. The maximum atomic E-state index is 11.9. The summed E-state index contributed by atoms with van der Waals surface area (Å²) in [6, 6.07) is 2.68. The molecule has 0 unspecified atom stereocenters. The predicted molar refractivity (Wildman–Crippen MR) is 64.5 cm³/mol. The lowest BCUT2D eigenvalue weighted by Gasteiger charge is -2.01. The van der Waals surface area contributed by atoms with Gasteiger partial charge in [0.2, 0.25) is 11.0 Å². The highest BCUT2D eigenvalue weighted by atomic mass is 32.2. The van der Waals surface area contributed by atoms with Gasteiger partial charge in [0.05, 0.1) is 12.7 Å². The minimum Gasteiger partial charge on any atom is -0.446 e. The normalized spacial score (nSPS) is 11.9. The van der Waals surface area contributed by atoms with Crippen LogP contribution >= 0.6 is 0 Å². The molecule has 0 saturated carbocycles. The van der Waals surface area contributed by atoms with Crippen LogP contribution < -0.4 is 4.72 Å². The Labute approximate surface area is 110 Å². The zero-order valence-electron chi connectivity index (χ0n) is 10.3. The molecule has 0 amide bonds. The van der Waals surface area contributed by atoms with Gasteiger partial charge in [-0.2, -0.15) is 4.72 Å². The fourth-order valence-electron chi connectivity index (χ4n) is 1.41. The summed E-state index contributed by atoms with van der Waals surface area (Å²) in [4.78, 5) is 3.94. The molecule has 2 aromatic rings. The molecule has 8 heteroatoms. The van der Waals surface area contributed by atoms with Gasteiger partial charge in [0, 0.05) is 6.42 Å². The first-order valence-electron chi connectivity index (χ1n) is 5.68. The third-order valence-corrected chi connectivity index (χ3v) is 3.69. The van der Waals surface area contributed by atoms with E-state index in [0.29, 0.717) is 12.2 Å². The minimum absolute atomic E-state index is 0.0580. The van der Waals surface area contributed by atoms with Crippen molar-refractivity contribution in [3.63, 3.8) is 0 Å². The number of rotatable bonds is 6. The van der Waals surface area contributed by atoms with Gasteiger partial charge in [-0.05, 0) is 12.1 Å². The lowest BCUT2D eigenvalue weighted by atomic mass is 10.4. The Kier molecular flexibility index (Phi) is 4.03. The number of hydrogen-bond acceptors (Lipinski definition) is 6. The smallest absolute Gasteiger partial charge is 0.274 e. The Balaban J connectivity index is 2.05. The summed E-state index contributed by atoms with van der Waals surface area (Å²) in [7, 11) is -3.77. The molecule has 0 spiro atoms. The molecule has 2 aromatic heterocycles. The lowest BCUT2D eigenvalue weighted by molar-refractivity contribution is 0.236. The summed E-state index contributed by atoms with van der Waals surface area (Å²) in [5, 5.41) is 8.57. The number of aliphatic hydroxyl groups is 1. The number of oxazole rings is 1. The fourth-order valence-corrected chi connectivity index (χ4v) is 2.33. The number of aromatic nitrogens is 1. The van der Waals surface area contributed by atoms with Gasteiger partial charge >= 0.3 is 0 Å². The van der Waals surface area contributed by atoms with Crippen LogP contribution in [0.3, 0.4) is 0 Å². The first-order chi connectivity index (χ1) is 9.05. The standard InChI is InChI=1S/C11H14N2O5S/c1-2-8-5-12-10(17-8)6-13-19(15,16)11-4-3-9(7-14)18-11/h3-5,13-14H,2,6-7H2,1H3. The molecule has 104 valence electrons. The van der Waals surface area contributed by atoms with E-state index in [4.69, 9.17) is 13.9 Å². The van der Waals surface area contributed by atoms with Gasteiger partial charge in [-0.15, -0.1) is 0 Å². The number of nitrogens with zero attached hydrogens (tertiary/aromatic N) is 1. The van der Waals surface area contributed by atoms with Crippen LogP contribution in [-0.2, 0) is 29.6 Å². The van der Waals surface area contributed by atoms with Crippen molar-refractivity contribution in [2.75, 3.05) is 0 Å². The molecule has 0 radical (unpaired) electrons. The van der Waals surface area contributed by atoms with E-state index in [1.165, 1.54) is 12.1 Å². The minimum atomic E-state index is -3.77. The molecule has 0 fully saturated rings. The molecule has 0 aliphatic carbocycles. The van der Waals surface area contributed by atoms with Gasteiger partial charge in [-0.25, -0.2) is 13.4 Å². The van der Waals surface area contributed by atoms with Gasteiger partial charge in [0.1, 0.15) is 18.1 Å². The van der Waals surface area contributed by atoms with Crippen molar-refractivity contribution >= 4 is 10.0 Å². The summed E-state index contributed by atoms with van der Waals surface area (Å²) in [6.07, 6.45) is 2.25. The van der Waals surface area contributed by atoms with Crippen LogP contribution in [0.4, 0.5) is 0 Å². The van der Waals surface area contributed by atoms with Crippen molar-refractivity contribution < 1.29 is 22.4 Å². The van der Waals surface area contributed by atoms with Gasteiger partial charge < -0.3 is 13.9 Å². The van der Waals surface area contributed by atoms with Crippen molar-refractivity contribution in [2.24, 2.45) is 0 Å². The van der Waals surface area contributed by atoms with Crippen molar-refractivity contribution in [1.29, 1.82) is 0 Å². The average Bonchev–Trinajstić information content (AvgIpc) is 3.05. The zero-order valence-corrected chi connectivity index (χ0v) is 11.1. The van der Waals surface area contributed by atoms with E-state index in [9.17, 15) is 8.42 Å². The number of aryl methyl sites for hydroxylation is 1. The number of sulfonamides is 1. The molecular weight excluding hydrogens is 272 g/mol. The van der Waals surface area contributed by atoms with E-state index < -0.39 is 10.0 Å². The Morgan fingerprint density at radius 3 is 2.68 bits per heavy atom. The van der Waals surface area contributed by atoms with Crippen LogP contribution in [0.1, 0.15) is 24.3 Å². The van der Waals surface area contributed by atoms with Gasteiger partial charge in [0.25, 0.3) is 10.0 Å². The van der Waals surface area contributed by atoms with Crippen molar-refractivity contribution in [1.82, 2.24) is 9.71 Å². The highest BCUT2D eigenvalue weighted by Gasteiger charge is 2.19. The van der Waals surface area contributed by atoms with Crippen molar-refractivity contribution in [3.8, 4) is 0 Å². The molecule has 0 aliphatic rings. The number of furan rings is 1. The SMILES string of the molecule is CCc1cnc(CNS(=O)(=O)c2ccc(CO)o2)o1. The molecule has 2 rings (SSSR count). The first-order valence-corrected chi connectivity index (χ1v) is 7.16. The highest BCUT2D eigenvalue weighted by molar-refractivity contribution is 7.89. The fraction of sp³-hybridized carbons (Fsp3) is 0.364. The van der Waals surface area contributed by atoms with Crippen molar-refractivity contribution in [2.45, 2.75) is 31.6 Å². The Morgan fingerprint density at radius 1 is 1.32 bits per heavy atom. The van der Waals surface area contributed by atoms with Crippen LogP contribution in [-0.4, -0.2) is 18.5 Å². The summed E-state index contributed by atoms with van der Waals surface area (Å²) in [5.74, 6) is 1.16. The van der Waals surface area contributed by atoms with Crippen LogP contribution in [0.2, 0.25) is 0 Å². The molecule has 0 saturated heterocycles. The Hall–Kier alpha value is -1.64. The maximum Gasteiger partial charge on any atom is 0.274 e. The van der Waals surface area contributed by atoms with Crippen molar-refractivity contribution in [3.05, 3.63) is 35.7 Å². The van der Waals surface area contributed by atoms with Gasteiger partial charge in [-0.1, -0.05) is 6.92 Å². The number of nitrogens with one attached hydrogen (secondary N) is 1. The van der Waals surface area contributed by atoms with E-state index >= 15 is 0 Å². The maximum absolute atomic E-state index is 11.9. The second-order valence-corrected chi connectivity index (χ2v) is 5.48. The zero-order chi connectivity index (χ0) is 13.9. The Morgan fingerprint density at radius 2 is 2.11 bits per heavy atom. The Bertz CT molecular complexity index is 644. The average molecular weight is 286 g/mol. The molecule has 2 N–H and O–H groups in total. The molecule has 0 aromatic carbocycles. The predicted octanol–water partition coefficient (Wildman–Crippen LogP) is 0.801. The summed E-state index contributed by atoms with van der Waals surface area (Å²) >= 11 is 0. The first kappa shape index (κ1) is 13.8. The van der Waals surface area contributed by atoms with Crippen LogP contribution in [0.25, 0.3) is 0 Å². The molecule has 0 bridgehead atoms. The molecule has 2 heterocycles. The van der Waals surface area contributed by atoms with Crippen LogP contribution in [0, 0.1) is 0 Å². The van der Waals surface area contributed by atoms with Crippen LogP contribution in [0.15, 0.2) is 32.3 Å². The molecule has 0 aliphatic heterocycles. The monoisotopic (exact) mass is 286 g/mol. The molecule has 0 atom stereocenters. The van der Waals surface area contributed by atoms with Gasteiger partial charge in [0.15, 0.2) is 0 Å². The van der Waals surface area contributed by atoms with Crippen LogP contribution in [0.5, 0.6) is 0 Å². The molecule has 19 heavy (non-hydrogen) atoms. The quantitative estimate of drug-likeness (QED) is 0.813. The third-order valence-electron chi connectivity index (χ3n) is 2.42. The summed E-state index contributed by atoms with van der Waals surface area (Å²) < 4.78 is 36.3. The summed E-state index contributed by atoms with van der Waals surface area (Å²) in [6.45, 7) is 1.50. The molecular formula is C11H14N2O5S. The topological polar surface area (TPSA) is 106 Å². The third kappa shape index (κ3) is 3.22. The van der Waals surface area contributed by atoms with E-state index in [2.05, 4.69) is 9.71 Å². The second-order valence-electron chi connectivity index (χ2n) is 3.78. The van der Waals surface area contributed by atoms with Gasteiger partial charge in [-0.3, -0.25) is 0 Å². The second kappa shape index (κ2) is 5.55. The number of hydrogen-bond donors (Lipinski definition) is 2. The van der Waals surface area contributed by atoms with E-state index in [1.807, 2.05) is 6.92 Å². The van der Waals surface area contributed by atoms with E-state index in [1.54, 1.807) is 6.20 Å². The lowest BCUT2D eigenvalue weighted by Crippen LogP contribution is -2.22. The highest BCUT2D eigenvalue weighted by Crippen LogP contribution is 2.14.